The topological polar surface area (TPSA) is 15.3 Å². The lowest BCUT2D eigenvalue weighted by Gasteiger charge is -2.30. The number of hydrogen-bond donors (Lipinski definition) is 1. The molecule has 19 heavy (non-hydrogen) atoms. The Balaban J connectivity index is 1.67. The predicted octanol–water partition coefficient (Wildman–Crippen LogP) is 3.04. The number of nitrogens with one attached hydrogen (secondary N) is 1. The molecule has 0 amide bonds. The zero-order valence-electron chi connectivity index (χ0n) is 11.7. The van der Waals surface area contributed by atoms with Crippen molar-refractivity contribution in [3.63, 3.8) is 0 Å². The summed E-state index contributed by atoms with van der Waals surface area (Å²) in [6.45, 7) is 3.59. The first-order chi connectivity index (χ1) is 8.94. The van der Waals surface area contributed by atoms with Crippen LogP contribution in [0.5, 0.6) is 0 Å². The molecule has 2 nitrogen and oxygen atoms in total. The van der Waals surface area contributed by atoms with Crippen molar-refractivity contribution in [2.45, 2.75) is 51.2 Å². The van der Waals surface area contributed by atoms with E-state index in [1.807, 2.05) is 0 Å². The Labute approximate surface area is 113 Å². The van der Waals surface area contributed by atoms with Gasteiger partial charge in [-0.25, -0.2) is 0 Å². The van der Waals surface area contributed by atoms with Gasteiger partial charge in [0.05, 0.1) is 6.54 Å². The Morgan fingerprint density at radius 2 is 1.89 bits per heavy atom. The Morgan fingerprint density at radius 1 is 1.16 bits per heavy atom. The molecule has 0 aromatic heterocycles. The van der Waals surface area contributed by atoms with E-state index < -0.39 is 12.7 Å². The second kappa shape index (κ2) is 6.44. The highest BCUT2D eigenvalue weighted by Crippen LogP contribution is 2.25. The predicted molar refractivity (Wildman–Crippen MR) is 70.0 cm³/mol. The third-order valence-electron chi connectivity index (χ3n) is 4.55. The van der Waals surface area contributed by atoms with Gasteiger partial charge in [-0.2, -0.15) is 13.2 Å². The lowest BCUT2D eigenvalue weighted by atomic mass is 9.85. The number of nitrogens with zero attached hydrogens (tertiary/aromatic N) is 1. The van der Waals surface area contributed by atoms with E-state index >= 15 is 0 Å². The molecule has 1 aliphatic heterocycles. The number of hydrogen-bond acceptors (Lipinski definition) is 2. The molecule has 2 rings (SSSR count). The minimum Gasteiger partial charge on any atom is -0.313 e. The summed E-state index contributed by atoms with van der Waals surface area (Å²) < 4.78 is 36.9. The number of halogens is 3. The molecule has 0 spiro atoms. The van der Waals surface area contributed by atoms with Crippen molar-refractivity contribution in [2.75, 3.05) is 26.2 Å². The maximum Gasteiger partial charge on any atom is 0.401 e. The van der Waals surface area contributed by atoms with Crippen LogP contribution < -0.4 is 5.32 Å². The van der Waals surface area contributed by atoms with Gasteiger partial charge >= 0.3 is 6.18 Å². The van der Waals surface area contributed by atoms with Gasteiger partial charge in [0.1, 0.15) is 0 Å². The molecule has 1 N–H and O–H groups in total. The van der Waals surface area contributed by atoms with E-state index in [9.17, 15) is 13.2 Å². The van der Waals surface area contributed by atoms with Crippen LogP contribution >= 0.6 is 0 Å². The van der Waals surface area contributed by atoms with Crippen LogP contribution in [0.1, 0.15) is 39.0 Å². The molecule has 3 atom stereocenters. The first kappa shape index (κ1) is 15.1. The van der Waals surface area contributed by atoms with Crippen molar-refractivity contribution in [1.29, 1.82) is 0 Å². The van der Waals surface area contributed by atoms with Crippen molar-refractivity contribution in [1.82, 2.24) is 10.2 Å². The van der Waals surface area contributed by atoms with Crippen LogP contribution in [-0.2, 0) is 0 Å². The van der Waals surface area contributed by atoms with Gasteiger partial charge in [0.2, 0.25) is 0 Å². The second-order valence-corrected chi connectivity index (χ2v) is 6.28. The van der Waals surface area contributed by atoms with Gasteiger partial charge < -0.3 is 5.32 Å². The van der Waals surface area contributed by atoms with Gasteiger partial charge in [-0.15, -0.1) is 0 Å². The largest absolute Gasteiger partial charge is 0.401 e. The fourth-order valence-electron chi connectivity index (χ4n) is 3.41. The minimum absolute atomic E-state index is 0.386. The van der Waals surface area contributed by atoms with Crippen molar-refractivity contribution in [3.05, 3.63) is 0 Å². The van der Waals surface area contributed by atoms with Crippen molar-refractivity contribution >= 4 is 0 Å². The summed E-state index contributed by atoms with van der Waals surface area (Å²) in [5.41, 5.74) is 0. The molecule has 5 heteroatoms. The van der Waals surface area contributed by atoms with Gasteiger partial charge in [0, 0.05) is 12.6 Å². The minimum atomic E-state index is -4.06. The molecule has 0 aromatic rings. The molecule has 0 radical (unpaired) electrons. The molecule has 0 bridgehead atoms. The molecule has 1 saturated heterocycles. The van der Waals surface area contributed by atoms with E-state index in [0.29, 0.717) is 31.0 Å². The normalized spacial score (nSPS) is 33.8. The molecule has 2 fully saturated rings. The zero-order chi connectivity index (χ0) is 13.9. The summed E-state index contributed by atoms with van der Waals surface area (Å²) in [4.78, 5) is 1.54. The van der Waals surface area contributed by atoms with Gasteiger partial charge in [-0.05, 0) is 44.2 Å². The van der Waals surface area contributed by atoms with Crippen LogP contribution in [0.3, 0.4) is 0 Å². The zero-order valence-corrected chi connectivity index (χ0v) is 11.7. The summed E-state index contributed by atoms with van der Waals surface area (Å²) in [7, 11) is 0. The Kier molecular flexibility index (Phi) is 5.12. The molecule has 1 aliphatic carbocycles. The van der Waals surface area contributed by atoms with Gasteiger partial charge in [-0.1, -0.05) is 19.8 Å². The number of likely N-dealkylation sites (tertiary alicyclic amines) is 1. The maximum absolute atomic E-state index is 12.3. The smallest absolute Gasteiger partial charge is 0.313 e. The lowest BCUT2D eigenvalue weighted by molar-refractivity contribution is -0.143. The molecule has 1 heterocycles. The molecule has 0 aromatic carbocycles. The Bertz CT molecular complexity index is 280. The van der Waals surface area contributed by atoms with E-state index in [4.69, 9.17) is 0 Å². The third-order valence-corrected chi connectivity index (χ3v) is 4.55. The summed E-state index contributed by atoms with van der Waals surface area (Å²) in [5, 5.41) is 3.59. The number of rotatable bonds is 4. The second-order valence-electron chi connectivity index (χ2n) is 6.28. The quantitative estimate of drug-likeness (QED) is 0.850. The molecular formula is C14H25F3N2. The first-order valence-electron chi connectivity index (χ1n) is 7.46. The molecule has 3 unspecified atom stereocenters. The van der Waals surface area contributed by atoms with Crippen LogP contribution in [0.25, 0.3) is 0 Å². The van der Waals surface area contributed by atoms with E-state index in [2.05, 4.69) is 12.2 Å². The van der Waals surface area contributed by atoms with E-state index in [-0.39, 0.29) is 0 Å². The molecule has 1 saturated carbocycles. The Hall–Kier alpha value is -0.290. The van der Waals surface area contributed by atoms with E-state index in [1.54, 1.807) is 0 Å². The fraction of sp³-hybridized carbons (Fsp3) is 1.00. The molecule has 112 valence electrons. The number of alkyl halides is 3. The van der Waals surface area contributed by atoms with Gasteiger partial charge in [-0.3, -0.25) is 4.90 Å². The van der Waals surface area contributed by atoms with Gasteiger partial charge in [0.15, 0.2) is 0 Å². The average Bonchev–Trinajstić information content (AvgIpc) is 2.73. The lowest BCUT2D eigenvalue weighted by Crippen LogP contribution is -2.40. The molecule has 2 aliphatic rings. The van der Waals surface area contributed by atoms with Crippen molar-refractivity contribution < 1.29 is 13.2 Å². The van der Waals surface area contributed by atoms with Gasteiger partial charge in [0.25, 0.3) is 0 Å². The fourth-order valence-corrected chi connectivity index (χ4v) is 3.41. The monoisotopic (exact) mass is 278 g/mol. The van der Waals surface area contributed by atoms with Crippen LogP contribution in [0.15, 0.2) is 0 Å². The van der Waals surface area contributed by atoms with Crippen molar-refractivity contribution in [3.8, 4) is 0 Å². The highest BCUT2D eigenvalue weighted by atomic mass is 19.4. The van der Waals surface area contributed by atoms with Crippen LogP contribution in [0, 0.1) is 11.8 Å². The van der Waals surface area contributed by atoms with Crippen molar-refractivity contribution in [2.24, 2.45) is 11.8 Å². The molecular weight excluding hydrogens is 253 g/mol. The highest BCUT2D eigenvalue weighted by molar-refractivity contribution is 4.83. The van der Waals surface area contributed by atoms with Crippen LogP contribution in [-0.4, -0.2) is 43.3 Å². The summed E-state index contributed by atoms with van der Waals surface area (Å²) in [6.07, 6.45) is 1.95. The summed E-state index contributed by atoms with van der Waals surface area (Å²) in [6, 6.07) is 0.574. The summed E-state index contributed by atoms with van der Waals surface area (Å²) >= 11 is 0. The SMILES string of the molecule is CC1CCCCC1NCC1CCN(CC(F)(F)F)C1. The highest BCUT2D eigenvalue weighted by Gasteiger charge is 2.34. The van der Waals surface area contributed by atoms with E-state index in [0.717, 1.165) is 13.0 Å². The first-order valence-corrected chi connectivity index (χ1v) is 7.46. The van der Waals surface area contributed by atoms with Crippen LogP contribution in [0.2, 0.25) is 0 Å². The third kappa shape index (κ3) is 4.95. The Morgan fingerprint density at radius 3 is 2.58 bits per heavy atom. The van der Waals surface area contributed by atoms with Crippen LogP contribution in [0.4, 0.5) is 13.2 Å². The maximum atomic E-state index is 12.3. The average molecular weight is 278 g/mol. The standard InChI is InChI=1S/C14H25F3N2/c1-11-4-2-3-5-13(11)18-8-12-6-7-19(9-12)10-14(15,16)17/h11-13,18H,2-10H2,1H3. The summed E-state index contributed by atoms with van der Waals surface area (Å²) in [5.74, 6) is 1.10. The van der Waals surface area contributed by atoms with E-state index in [1.165, 1.54) is 30.6 Å².